The van der Waals surface area contributed by atoms with Gasteiger partial charge in [-0.15, -0.1) is 0 Å². The van der Waals surface area contributed by atoms with Gasteiger partial charge in [-0.3, -0.25) is 0 Å². The number of carbonyl (C=O) groups is 1. The monoisotopic (exact) mass is 145 g/mol. The Morgan fingerprint density at radius 3 is 1.86 bits per heavy atom. The maximum absolute atomic E-state index is 9.45. The number of carboxylic acid groups (broad SMARTS) is 1. The fourth-order valence-electron chi connectivity index (χ4n) is 0. The van der Waals surface area contributed by atoms with Crippen molar-refractivity contribution in [3.63, 3.8) is 0 Å². The average molecular weight is 145 g/mol. The Labute approximate surface area is 51.8 Å². The molecule has 0 aromatic rings. The third-order valence-electron chi connectivity index (χ3n) is 0.357. The van der Waals surface area contributed by atoms with Gasteiger partial charge < -0.3 is 10.2 Å². The number of aliphatic hydroxyl groups excluding tert-OH is 1. The molecule has 0 bridgehead atoms. The summed E-state index contributed by atoms with van der Waals surface area (Å²) in [6.45, 7) is 1.20. The van der Waals surface area contributed by atoms with Crippen LogP contribution in [0.2, 0.25) is 0 Å². The number of rotatable bonds is 1. The predicted octanol–water partition coefficient (Wildman–Crippen LogP) is -0.551. The molecule has 43 valence electrons. The first-order valence-electron chi connectivity index (χ1n) is 1.55. The van der Waals surface area contributed by atoms with E-state index in [1.807, 2.05) is 0 Å². The Bertz CT molecular complexity index is 61.2. The molecule has 0 fully saturated rings. The summed E-state index contributed by atoms with van der Waals surface area (Å²) in [7, 11) is 0. The molecule has 0 aliphatic carbocycles. The van der Waals surface area contributed by atoms with E-state index < -0.39 is 12.1 Å². The van der Waals surface area contributed by atoms with Crippen LogP contribution in [0.3, 0.4) is 0 Å². The van der Waals surface area contributed by atoms with E-state index in [1.165, 1.54) is 6.92 Å². The fraction of sp³-hybridized carbons (Fsp3) is 0.667. The van der Waals surface area contributed by atoms with Gasteiger partial charge in [0.15, 0.2) is 0 Å². The van der Waals surface area contributed by atoms with Crippen molar-refractivity contribution < 1.29 is 32.1 Å². The molecule has 0 aliphatic heterocycles. The maximum Gasteiger partial charge on any atom is 0.332 e. The predicted molar refractivity (Wildman–Crippen MR) is 19.3 cm³/mol. The molecule has 0 aromatic carbocycles. The molecular formula is C3H6MnO3. The first-order chi connectivity index (χ1) is 2.64. The van der Waals surface area contributed by atoms with E-state index in [9.17, 15) is 4.79 Å². The molecule has 0 spiro atoms. The average Bonchev–Trinajstić information content (AvgIpc) is 1.36. The second-order valence-corrected chi connectivity index (χ2v) is 1.01. The number of hydrogen-bond donors (Lipinski definition) is 2. The van der Waals surface area contributed by atoms with E-state index in [1.54, 1.807) is 0 Å². The van der Waals surface area contributed by atoms with Gasteiger partial charge in [0.1, 0.15) is 6.10 Å². The molecule has 1 atom stereocenters. The second kappa shape index (κ2) is 4.12. The maximum atomic E-state index is 9.45. The molecule has 2 N–H and O–H groups in total. The van der Waals surface area contributed by atoms with Crippen LogP contribution in [0.25, 0.3) is 0 Å². The standard InChI is InChI=1S/C3H6O3.Mn/c1-2(4)3(5)6;/h2,4H,1H3,(H,5,6);. The van der Waals surface area contributed by atoms with E-state index >= 15 is 0 Å². The van der Waals surface area contributed by atoms with Gasteiger partial charge in [0.05, 0.1) is 0 Å². The van der Waals surface area contributed by atoms with Gasteiger partial charge in [-0.1, -0.05) is 0 Å². The minimum atomic E-state index is -1.23. The summed E-state index contributed by atoms with van der Waals surface area (Å²) in [4.78, 5) is 9.45. The Morgan fingerprint density at radius 2 is 1.86 bits per heavy atom. The van der Waals surface area contributed by atoms with E-state index in [4.69, 9.17) is 10.2 Å². The zero-order valence-electron chi connectivity index (χ0n) is 3.76. The second-order valence-electron chi connectivity index (χ2n) is 1.01. The van der Waals surface area contributed by atoms with Crippen molar-refractivity contribution in [3.8, 4) is 0 Å². The van der Waals surface area contributed by atoms with Gasteiger partial charge in [-0.05, 0) is 6.92 Å². The van der Waals surface area contributed by atoms with Crippen LogP contribution in [0.15, 0.2) is 0 Å². The topological polar surface area (TPSA) is 57.5 Å². The Balaban J connectivity index is 0. The van der Waals surface area contributed by atoms with Crippen LogP contribution in [-0.4, -0.2) is 22.3 Å². The SMILES string of the molecule is CC(O)C(=O)O.[Mn]. The van der Waals surface area contributed by atoms with Crippen LogP contribution in [0.4, 0.5) is 0 Å². The van der Waals surface area contributed by atoms with Crippen molar-refractivity contribution in [2.24, 2.45) is 0 Å². The molecule has 0 aromatic heterocycles. The fourth-order valence-corrected chi connectivity index (χ4v) is 0. The van der Waals surface area contributed by atoms with E-state index in [2.05, 4.69) is 0 Å². The van der Waals surface area contributed by atoms with E-state index in [0.717, 1.165) is 0 Å². The van der Waals surface area contributed by atoms with Crippen LogP contribution >= 0.6 is 0 Å². The molecule has 0 amide bonds. The minimum absolute atomic E-state index is 0. The summed E-state index contributed by atoms with van der Waals surface area (Å²) in [5, 5.41) is 15.8. The first kappa shape index (κ1) is 10.0. The first-order valence-corrected chi connectivity index (χ1v) is 1.55. The number of hydrogen-bond acceptors (Lipinski definition) is 2. The number of carboxylic acids is 1. The molecule has 0 heterocycles. The van der Waals surface area contributed by atoms with Crippen molar-refractivity contribution in [1.82, 2.24) is 0 Å². The Morgan fingerprint density at radius 1 is 1.71 bits per heavy atom. The summed E-state index contributed by atoms with van der Waals surface area (Å²) < 4.78 is 0. The molecule has 0 aliphatic rings. The third kappa shape index (κ3) is 5.95. The molecule has 0 saturated heterocycles. The molecule has 4 heteroatoms. The molecule has 0 saturated carbocycles. The van der Waals surface area contributed by atoms with Crippen molar-refractivity contribution >= 4 is 5.97 Å². The quantitative estimate of drug-likeness (QED) is 0.486. The normalized spacial score (nSPS) is 11.7. The van der Waals surface area contributed by atoms with Crippen LogP contribution in [0.1, 0.15) is 6.92 Å². The van der Waals surface area contributed by atoms with Crippen molar-refractivity contribution in [3.05, 3.63) is 0 Å². The van der Waals surface area contributed by atoms with E-state index in [0.29, 0.717) is 0 Å². The van der Waals surface area contributed by atoms with Gasteiger partial charge >= 0.3 is 5.97 Å². The largest absolute Gasteiger partial charge is 0.479 e. The van der Waals surface area contributed by atoms with Gasteiger partial charge in [-0.25, -0.2) is 4.79 Å². The van der Waals surface area contributed by atoms with Crippen LogP contribution in [0, 0.1) is 0 Å². The zero-order valence-corrected chi connectivity index (χ0v) is 4.94. The van der Waals surface area contributed by atoms with Gasteiger partial charge in [0.2, 0.25) is 0 Å². The third-order valence-corrected chi connectivity index (χ3v) is 0.357. The van der Waals surface area contributed by atoms with Crippen molar-refractivity contribution in [1.29, 1.82) is 0 Å². The van der Waals surface area contributed by atoms with Crippen molar-refractivity contribution in [2.45, 2.75) is 13.0 Å². The molecular weight excluding hydrogens is 139 g/mol. The van der Waals surface area contributed by atoms with Gasteiger partial charge in [-0.2, -0.15) is 0 Å². The summed E-state index contributed by atoms with van der Waals surface area (Å²) in [5.41, 5.74) is 0. The summed E-state index contributed by atoms with van der Waals surface area (Å²) >= 11 is 0. The molecule has 1 radical (unpaired) electrons. The molecule has 0 rings (SSSR count). The summed E-state index contributed by atoms with van der Waals surface area (Å²) in [5.74, 6) is -1.19. The van der Waals surface area contributed by atoms with Crippen molar-refractivity contribution in [2.75, 3.05) is 0 Å². The van der Waals surface area contributed by atoms with Crippen LogP contribution in [0.5, 0.6) is 0 Å². The van der Waals surface area contributed by atoms with Crippen LogP contribution < -0.4 is 0 Å². The number of aliphatic hydroxyl groups is 1. The molecule has 7 heavy (non-hydrogen) atoms. The summed E-state index contributed by atoms with van der Waals surface area (Å²) in [6, 6.07) is 0. The Hall–Kier alpha value is -0.0505. The Kier molecular flexibility index (Phi) is 5.91. The van der Waals surface area contributed by atoms with Crippen LogP contribution in [-0.2, 0) is 21.9 Å². The van der Waals surface area contributed by atoms with E-state index in [-0.39, 0.29) is 17.1 Å². The smallest absolute Gasteiger partial charge is 0.332 e. The molecule has 1 unspecified atom stereocenters. The summed E-state index contributed by atoms with van der Waals surface area (Å²) in [6.07, 6.45) is -1.23. The minimum Gasteiger partial charge on any atom is -0.479 e. The van der Waals surface area contributed by atoms with Gasteiger partial charge in [0, 0.05) is 17.1 Å². The van der Waals surface area contributed by atoms with Gasteiger partial charge in [0.25, 0.3) is 0 Å². The number of aliphatic carboxylic acids is 1. The zero-order chi connectivity index (χ0) is 5.15. The molecule has 3 nitrogen and oxygen atoms in total.